The lowest BCUT2D eigenvalue weighted by atomic mass is 9.95. The fourth-order valence-corrected chi connectivity index (χ4v) is 2.11. The number of hydrogen-bond donors (Lipinski definition) is 2. The van der Waals surface area contributed by atoms with E-state index in [9.17, 15) is 4.39 Å². The van der Waals surface area contributed by atoms with Crippen LogP contribution in [0.4, 0.5) is 4.39 Å². The van der Waals surface area contributed by atoms with Crippen LogP contribution in [0.15, 0.2) is 42.5 Å². The van der Waals surface area contributed by atoms with E-state index in [1.807, 2.05) is 19.1 Å². The van der Waals surface area contributed by atoms with Crippen LogP contribution in [0.25, 0.3) is 0 Å². The van der Waals surface area contributed by atoms with Crippen molar-refractivity contribution in [2.75, 3.05) is 0 Å². The smallest absolute Gasteiger partial charge is 0.123 e. The van der Waals surface area contributed by atoms with Gasteiger partial charge in [0.2, 0.25) is 0 Å². The van der Waals surface area contributed by atoms with Gasteiger partial charge in [0.1, 0.15) is 5.82 Å². The quantitative estimate of drug-likeness (QED) is 0.659. The molecule has 0 aliphatic rings. The van der Waals surface area contributed by atoms with Crippen LogP contribution < -0.4 is 11.3 Å². The molecular weight excluding hydrogens is 251 g/mol. The van der Waals surface area contributed by atoms with Gasteiger partial charge in [0.15, 0.2) is 0 Å². The first-order valence-corrected chi connectivity index (χ1v) is 5.97. The molecule has 0 amide bonds. The molecule has 2 aromatic rings. The van der Waals surface area contributed by atoms with Gasteiger partial charge in [0.05, 0.1) is 6.04 Å². The third kappa shape index (κ3) is 2.70. The van der Waals surface area contributed by atoms with E-state index < -0.39 is 0 Å². The number of hydrogen-bond acceptors (Lipinski definition) is 2. The molecule has 94 valence electrons. The SMILES string of the molecule is Cc1cc(F)ccc1C(NN)c1ccc(Cl)cc1. The Kier molecular flexibility index (Phi) is 3.97. The normalized spacial score (nSPS) is 12.4. The van der Waals surface area contributed by atoms with Crippen molar-refractivity contribution < 1.29 is 4.39 Å². The molecule has 0 heterocycles. The van der Waals surface area contributed by atoms with Gasteiger partial charge in [0, 0.05) is 5.02 Å². The van der Waals surface area contributed by atoms with Crippen molar-refractivity contribution in [2.45, 2.75) is 13.0 Å². The fourth-order valence-electron chi connectivity index (χ4n) is 1.98. The van der Waals surface area contributed by atoms with E-state index in [4.69, 9.17) is 17.4 Å². The van der Waals surface area contributed by atoms with Gasteiger partial charge in [-0.05, 0) is 47.9 Å². The van der Waals surface area contributed by atoms with E-state index in [0.717, 1.165) is 16.7 Å². The third-order valence-electron chi connectivity index (χ3n) is 2.91. The topological polar surface area (TPSA) is 38.0 Å². The standard InChI is InChI=1S/C14H14ClFN2/c1-9-8-12(16)6-7-13(9)14(18-17)10-2-4-11(15)5-3-10/h2-8,14,18H,17H2,1H3. The minimum atomic E-state index is -0.247. The minimum absolute atomic E-state index is 0.178. The highest BCUT2D eigenvalue weighted by molar-refractivity contribution is 6.30. The van der Waals surface area contributed by atoms with Gasteiger partial charge >= 0.3 is 0 Å². The lowest BCUT2D eigenvalue weighted by Crippen LogP contribution is -2.29. The summed E-state index contributed by atoms with van der Waals surface area (Å²) in [6.45, 7) is 1.86. The summed E-state index contributed by atoms with van der Waals surface area (Å²) in [4.78, 5) is 0. The molecule has 0 saturated heterocycles. The molecule has 1 unspecified atom stereocenters. The van der Waals surface area contributed by atoms with Gasteiger partial charge in [0.25, 0.3) is 0 Å². The van der Waals surface area contributed by atoms with Crippen LogP contribution in [0.3, 0.4) is 0 Å². The van der Waals surface area contributed by atoms with Crippen LogP contribution in [-0.4, -0.2) is 0 Å². The molecule has 0 aromatic heterocycles. The molecule has 2 nitrogen and oxygen atoms in total. The molecule has 2 aromatic carbocycles. The first-order chi connectivity index (χ1) is 8.61. The number of halogens is 2. The van der Waals surface area contributed by atoms with Crippen molar-refractivity contribution in [3.8, 4) is 0 Å². The Morgan fingerprint density at radius 2 is 1.83 bits per heavy atom. The summed E-state index contributed by atoms with van der Waals surface area (Å²) < 4.78 is 13.1. The van der Waals surface area contributed by atoms with Gasteiger partial charge in [-0.15, -0.1) is 0 Å². The van der Waals surface area contributed by atoms with Crippen LogP contribution in [0.5, 0.6) is 0 Å². The monoisotopic (exact) mass is 264 g/mol. The summed E-state index contributed by atoms with van der Waals surface area (Å²) in [5.41, 5.74) is 5.53. The Labute approximate surface area is 111 Å². The van der Waals surface area contributed by atoms with E-state index in [1.165, 1.54) is 12.1 Å². The van der Waals surface area contributed by atoms with Crippen molar-refractivity contribution in [1.29, 1.82) is 0 Å². The van der Waals surface area contributed by atoms with Gasteiger partial charge in [-0.25, -0.2) is 9.82 Å². The Morgan fingerprint density at radius 3 is 2.39 bits per heavy atom. The molecule has 1 atom stereocenters. The first kappa shape index (κ1) is 13.0. The lowest BCUT2D eigenvalue weighted by Gasteiger charge is -2.19. The van der Waals surface area contributed by atoms with E-state index >= 15 is 0 Å². The summed E-state index contributed by atoms with van der Waals surface area (Å²) in [5, 5.41) is 0.672. The number of hydrazine groups is 1. The van der Waals surface area contributed by atoms with Gasteiger partial charge in [-0.2, -0.15) is 0 Å². The summed E-state index contributed by atoms with van der Waals surface area (Å²) in [6.07, 6.45) is 0. The molecule has 0 spiro atoms. The molecule has 2 rings (SSSR count). The number of nitrogens with one attached hydrogen (secondary N) is 1. The fraction of sp³-hybridized carbons (Fsp3) is 0.143. The second-order valence-corrected chi connectivity index (χ2v) is 4.59. The second-order valence-electron chi connectivity index (χ2n) is 4.15. The highest BCUT2D eigenvalue weighted by Crippen LogP contribution is 2.25. The van der Waals surface area contributed by atoms with Crippen LogP contribution in [0.1, 0.15) is 22.7 Å². The maximum Gasteiger partial charge on any atom is 0.123 e. The molecule has 0 bridgehead atoms. The van der Waals surface area contributed by atoms with E-state index in [1.54, 1.807) is 18.2 Å². The number of benzene rings is 2. The van der Waals surface area contributed by atoms with E-state index in [2.05, 4.69) is 5.43 Å². The second kappa shape index (κ2) is 5.48. The Bertz CT molecular complexity index is 540. The predicted octanol–water partition coefficient (Wildman–Crippen LogP) is 3.34. The molecule has 0 fully saturated rings. The molecule has 0 radical (unpaired) electrons. The highest BCUT2D eigenvalue weighted by Gasteiger charge is 2.14. The minimum Gasteiger partial charge on any atom is -0.271 e. The molecule has 0 aliphatic carbocycles. The largest absolute Gasteiger partial charge is 0.271 e. The van der Waals surface area contributed by atoms with Crippen molar-refractivity contribution in [1.82, 2.24) is 5.43 Å². The maximum atomic E-state index is 13.1. The van der Waals surface area contributed by atoms with Crippen LogP contribution >= 0.6 is 11.6 Å². The molecule has 4 heteroatoms. The van der Waals surface area contributed by atoms with Gasteiger partial charge in [-0.3, -0.25) is 5.84 Å². The molecule has 0 aliphatic heterocycles. The average Bonchev–Trinajstić information content (AvgIpc) is 2.35. The van der Waals surface area contributed by atoms with Gasteiger partial charge < -0.3 is 0 Å². The average molecular weight is 265 g/mol. The Balaban J connectivity index is 2.41. The zero-order valence-corrected chi connectivity index (χ0v) is 10.7. The molecule has 3 N–H and O–H groups in total. The zero-order valence-electron chi connectivity index (χ0n) is 9.95. The van der Waals surface area contributed by atoms with Crippen molar-refractivity contribution in [3.05, 3.63) is 70.0 Å². The molecule has 0 saturated carbocycles. The Morgan fingerprint density at radius 1 is 1.17 bits per heavy atom. The first-order valence-electron chi connectivity index (χ1n) is 5.59. The molecular formula is C14H14ClFN2. The predicted molar refractivity (Wildman–Crippen MR) is 71.8 cm³/mol. The maximum absolute atomic E-state index is 13.1. The van der Waals surface area contributed by atoms with Crippen LogP contribution in [0, 0.1) is 12.7 Å². The number of nitrogens with two attached hydrogens (primary N) is 1. The van der Waals surface area contributed by atoms with Crippen molar-refractivity contribution in [3.63, 3.8) is 0 Å². The highest BCUT2D eigenvalue weighted by atomic mass is 35.5. The summed E-state index contributed by atoms with van der Waals surface area (Å²) in [5.74, 6) is 5.36. The van der Waals surface area contributed by atoms with E-state index in [-0.39, 0.29) is 11.9 Å². The van der Waals surface area contributed by atoms with Gasteiger partial charge in [-0.1, -0.05) is 29.8 Å². The summed E-state index contributed by atoms with van der Waals surface area (Å²) in [7, 11) is 0. The zero-order chi connectivity index (χ0) is 13.1. The van der Waals surface area contributed by atoms with E-state index in [0.29, 0.717) is 5.02 Å². The summed E-state index contributed by atoms with van der Waals surface area (Å²) in [6, 6.07) is 11.9. The number of rotatable bonds is 3. The Hall–Kier alpha value is -1.42. The summed E-state index contributed by atoms with van der Waals surface area (Å²) >= 11 is 5.86. The van der Waals surface area contributed by atoms with Crippen LogP contribution in [0.2, 0.25) is 5.02 Å². The molecule has 18 heavy (non-hydrogen) atoms. The third-order valence-corrected chi connectivity index (χ3v) is 3.16. The van der Waals surface area contributed by atoms with Crippen molar-refractivity contribution in [2.24, 2.45) is 5.84 Å². The number of aryl methyl sites for hydroxylation is 1. The van der Waals surface area contributed by atoms with Crippen molar-refractivity contribution >= 4 is 11.6 Å². The lowest BCUT2D eigenvalue weighted by molar-refractivity contribution is 0.612. The van der Waals surface area contributed by atoms with Crippen LogP contribution in [-0.2, 0) is 0 Å².